The number of hydrogen-bond acceptors (Lipinski definition) is 4. The summed E-state index contributed by atoms with van der Waals surface area (Å²) in [6.07, 6.45) is 1.79. The lowest BCUT2D eigenvalue weighted by Crippen LogP contribution is -2.58. The van der Waals surface area contributed by atoms with Crippen molar-refractivity contribution < 1.29 is 13.2 Å². The van der Waals surface area contributed by atoms with E-state index >= 15 is 0 Å². The molecule has 0 saturated heterocycles. The molecule has 132 valence electrons. The largest absolute Gasteiger partial charge is 0.321 e. The maximum atomic E-state index is 13.0. The molecule has 1 aliphatic carbocycles. The van der Waals surface area contributed by atoms with Gasteiger partial charge in [0, 0.05) is 40.1 Å². The minimum atomic E-state index is -3.67. The van der Waals surface area contributed by atoms with Crippen LogP contribution in [0.5, 0.6) is 0 Å². The van der Waals surface area contributed by atoms with Gasteiger partial charge in [-0.05, 0) is 31.0 Å². The van der Waals surface area contributed by atoms with E-state index < -0.39 is 10.0 Å². The molecule has 0 unspecified atom stereocenters. The Morgan fingerprint density at radius 3 is 2.56 bits per heavy atom. The lowest BCUT2D eigenvalue weighted by atomic mass is 9.87. The predicted octanol–water partition coefficient (Wildman–Crippen LogP) is 2.21. The molecule has 1 amide bonds. The molecule has 2 atom stereocenters. The number of rotatable bonds is 5. The fourth-order valence-electron chi connectivity index (χ4n) is 3.63. The van der Waals surface area contributed by atoms with Gasteiger partial charge in [-0.2, -0.15) is 0 Å². The number of nitrogens with one attached hydrogen (secondary N) is 3. The zero-order chi connectivity index (χ0) is 17.8. The minimum Gasteiger partial charge on any atom is -0.321 e. The highest BCUT2D eigenvalue weighted by molar-refractivity contribution is 7.89. The van der Waals surface area contributed by atoms with Crippen molar-refractivity contribution in [1.29, 1.82) is 0 Å². The van der Waals surface area contributed by atoms with Gasteiger partial charge < -0.3 is 10.6 Å². The first-order valence-corrected chi connectivity index (χ1v) is 10.0. The Balaban J connectivity index is 1.70. The van der Waals surface area contributed by atoms with Crippen molar-refractivity contribution in [3.63, 3.8) is 0 Å². The molecule has 1 fully saturated rings. The van der Waals surface area contributed by atoms with Gasteiger partial charge in [0.1, 0.15) is 0 Å². The van der Waals surface area contributed by atoms with Crippen molar-refractivity contribution in [2.24, 2.45) is 0 Å². The number of sulfonamides is 1. The zero-order valence-electron chi connectivity index (χ0n) is 14.2. The first-order valence-electron chi connectivity index (χ1n) is 8.52. The van der Waals surface area contributed by atoms with Crippen molar-refractivity contribution >= 4 is 32.4 Å². The Labute approximate surface area is 147 Å². The van der Waals surface area contributed by atoms with Gasteiger partial charge in [-0.15, -0.1) is 0 Å². The molecule has 0 bridgehead atoms. The van der Waals surface area contributed by atoms with E-state index in [-0.39, 0.29) is 22.9 Å². The molecule has 0 aromatic heterocycles. The fraction of sp³-hybridized carbons (Fsp3) is 0.389. The average molecular weight is 359 g/mol. The maximum Gasteiger partial charge on any atom is 0.256 e. The second kappa shape index (κ2) is 5.79. The van der Waals surface area contributed by atoms with Crippen LogP contribution in [0.15, 0.2) is 35.2 Å². The molecule has 0 spiro atoms. The highest BCUT2D eigenvalue weighted by atomic mass is 32.2. The summed E-state index contributed by atoms with van der Waals surface area (Å²) in [4.78, 5) is 12.2. The van der Waals surface area contributed by atoms with Gasteiger partial charge in [-0.1, -0.05) is 26.0 Å². The summed E-state index contributed by atoms with van der Waals surface area (Å²) >= 11 is 0. The monoisotopic (exact) mass is 359 g/mol. The van der Waals surface area contributed by atoms with E-state index in [1.807, 2.05) is 0 Å². The number of carbonyl (C=O) groups is 1. The standard InChI is InChI=1S/C18H21N3O3S/c1-10(2)19-13-6-7-14(13)21-25(23,24)16-9-8-15-17-11(16)4-3-5-12(17)18(22)20-15/h3-5,8-10,13-14,19,21H,6-7H2,1-2H3,(H,20,22)/t13-,14+/m1/s1. The Morgan fingerprint density at radius 2 is 1.88 bits per heavy atom. The van der Waals surface area contributed by atoms with Crippen LogP contribution in [0.3, 0.4) is 0 Å². The Kier molecular flexibility index (Phi) is 3.82. The van der Waals surface area contributed by atoms with Gasteiger partial charge in [0.25, 0.3) is 5.91 Å². The molecule has 1 aliphatic heterocycles. The molecule has 6 nitrogen and oxygen atoms in total. The Bertz CT molecular complexity index is 969. The van der Waals surface area contributed by atoms with Crippen LogP contribution in [0, 0.1) is 0 Å². The second-order valence-corrected chi connectivity index (χ2v) is 8.71. The van der Waals surface area contributed by atoms with Gasteiger partial charge in [0.05, 0.1) is 4.90 Å². The van der Waals surface area contributed by atoms with E-state index in [0.717, 1.165) is 12.8 Å². The van der Waals surface area contributed by atoms with Crippen LogP contribution in [0.1, 0.15) is 37.0 Å². The van der Waals surface area contributed by atoms with Crippen molar-refractivity contribution in [1.82, 2.24) is 10.0 Å². The molecule has 1 heterocycles. The molecule has 25 heavy (non-hydrogen) atoms. The summed E-state index contributed by atoms with van der Waals surface area (Å²) in [5.74, 6) is -0.191. The molecule has 4 rings (SSSR count). The number of hydrogen-bond donors (Lipinski definition) is 3. The number of benzene rings is 2. The topological polar surface area (TPSA) is 87.3 Å². The van der Waals surface area contributed by atoms with E-state index in [1.54, 1.807) is 30.3 Å². The van der Waals surface area contributed by atoms with Crippen molar-refractivity contribution in [3.8, 4) is 0 Å². The van der Waals surface area contributed by atoms with E-state index in [0.29, 0.717) is 28.1 Å². The Hall–Kier alpha value is -1.96. The van der Waals surface area contributed by atoms with Crippen molar-refractivity contribution in [2.45, 2.75) is 49.7 Å². The van der Waals surface area contributed by atoms with Crippen LogP contribution in [-0.2, 0) is 10.0 Å². The summed E-state index contributed by atoms with van der Waals surface area (Å²) < 4.78 is 28.8. The van der Waals surface area contributed by atoms with Crippen LogP contribution < -0.4 is 15.4 Å². The lowest BCUT2D eigenvalue weighted by Gasteiger charge is -2.38. The maximum absolute atomic E-state index is 13.0. The predicted molar refractivity (Wildman–Crippen MR) is 97.3 cm³/mol. The summed E-state index contributed by atoms with van der Waals surface area (Å²) in [7, 11) is -3.67. The summed E-state index contributed by atoms with van der Waals surface area (Å²) in [5.41, 5.74) is 1.19. The molecule has 2 aliphatic rings. The first kappa shape index (κ1) is 16.5. The van der Waals surface area contributed by atoms with Gasteiger partial charge in [-0.25, -0.2) is 13.1 Å². The van der Waals surface area contributed by atoms with Gasteiger partial charge in [0.15, 0.2) is 0 Å². The molecule has 2 aromatic rings. The molecule has 7 heteroatoms. The van der Waals surface area contributed by atoms with Crippen LogP contribution in [0.4, 0.5) is 5.69 Å². The molecule has 1 saturated carbocycles. The van der Waals surface area contributed by atoms with Crippen molar-refractivity contribution in [3.05, 3.63) is 35.9 Å². The first-order chi connectivity index (χ1) is 11.9. The van der Waals surface area contributed by atoms with Gasteiger partial charge >= 0.3 is 0 Å². The van der Waals surface area contributed by atoms with Crippen LogP contribution in [0.2, 0.25) is 0 Å². The summed E-state index contributed by atoms with van der Waals surface area (Å²) in [6.45, 7) is 4.11. The van der Waals surface area contributed by atoms with Gasteiger partial charge in [0.2, 0.25) is 10.0 Å². The normalized spacial score (nSPS) is 22.3. The molecule has 3 N–H and O–H groups in total. The van der Waals surface area contributed by atoms with Crippen molar-refractivity contribution in [2.75, 3.05) is 5.32 Å². The highest BCUT2D eigenvalue weighted by Crippen LogP contribution is 2.36. The minimum absolute atomic E-state index is 0.102. The third kappa shape index (κ3) is 2.72. The van der Waals surface area contributed by atoms with E-state index in [9.17, 15) is 13.2 Å². The lowest BCUT2D eigenvalue weighted by molar-refractivity contribution is 0.103. The Morgan fingerprint density at radius 1 is 1.12 bits per heavy atom. The fourth-order valence-corrected chi connectivity index (χ4v) is 5.14. The zero-order valence-corrected chi connectivity index (χ0v) is 15.0. The van der Waals surface area contributed by atoms with Crippen LogP contribution in [-0.4, -0.2) is 32.5 Å². The summed E-state index contributed by atoms with van der Waals surface area (Å²) in [6, 6.07) is 8.79. The molecule has 2 aromatic carbocycles. The quantitative estimate of drug-likeness (QED) is 0.764. The molecule has 0 radical (unpaired) electrons. The van der Waals surface area contributed by atoms with E-state index in [4.69, 9.17) is 0 Å². The van der Waals surface area contributed by atoms with Crippen LogP contribution in [0.25, 0.3) is 10.8 Å². The second-order valence-electron chi connectivity index (χ2n) is 7.03. The number of anilines is 1. The average Bonchev–Trinajstić information content (AvgIpc) is 2.88. The van der Waals surface area contributed by atoms with Crippen LogP contribution >= 0.6 is 0 Å². The van der Waals surface area contributed by atoms with Gasteiger partial charge in [-0.3, -0.25) is 4.79 Å². The smallest absolute Gasteiger partial charge is 0.256 e. The molecular weight excluding hydrogens is 338 g/mol. The van der Waals surface area contributed by atoms with E-state index in [2.05, 4.69) is 29.2 Å². The summed E-state index contributed by atoms with van der Waals surface area (Å²) in [5, 5.41) is 7.43. The molecular formula is C18H21N3O3S. The number of carbonyl (C=O) groups excluding carboxylic acids is 1. The highest BCUT2D eigenvalue weighted by Gasteiger charge is 2.35. The number of amides is 1. The SMILES string of the molecule is CC(C)N[C@@H]1CC[C@@H]1NS(=O)(=O)c1ccc2c3c(cccc13)C(=O)N2. The third-order valence-electron chi connectivity index (χ3n) is 4.91. The third-order valence-corrected chi connectivity index (χ3v) is 6.46. The van der Waals surface area contributed by atoms with E-state index in [1.165, 1.54) is 0 Å².